The highest BCUT2D eigenvalue weighted by Gasteiger charge is 2.47. The van der Waals surface area contributed by atoms with Gasteiger partial charge in [0.2, 0.25) is 0 Å². The van der Waals surface area contributed by atoms with Crippen LogP contribution in [-0.2, 0) is 50.1 Å². The van der Waals surface area contributed by atoms with Crippen molar-refractivity contribution >= 4 is 0 Å². The van der Waals surface area contributed by atoms with Crippen LogP contribution in [0.5, 0.6) is 0 Å². The highest BCUT2D eigenvalue weighted by atomic mass is 16.6. The fourth-order valence-corrected chi connectivity index (χ4v) is 6.01. The Morgan fingerprint density at radius 3 is 1.43 bits per heavy atom. The summed E-state index contributed by atoms with van der Waals surface area (Å²) in [6, 6.07) is 41.1. The first kappa shape index (κ1) is 30.3. The summed E-state index contributed by atoms with van der Waals surface area (Å²) in [6.45, 7) is 2.22. The van der Waals surface area contributed by atoms with E-state index < -0.39 is 18.3 Å². The van der Waals surface area contributed by atoms with Crippen LogP contribution in [0.25, 0.3) is 0 Å². The predicted octanol–water partition coefficient (Wildman–Crippen LogP) is 8.19. The molecule has 5 heteroatoms. The summed E-state index contributed by atoms with van der Waals surface area (Å²) in [6.07, 6.45) is 2.77. The lowest BCUT2D eigenvalue weighted by Gasteiger charge is -2.44. The lowest BCUT2D eigenvalue weighted by molar-refractivity contribution is -0.224. The van der Waals surface area contributed by atoms with Crippen molar-refractivity contribution in [3.63, 3.8) is 0 Å². The monoisotopic (exact) mass is 590 g/mol. The molecule has 0 bridgehead atoms. The smallest absolute Gasteiger partial charge is 0.150 e. The van der Waals surface area contributed by atoms with Gasteiger partial charge in [0.25, 0.3) is 0 Å². The zero-order valence-electron chi connectivity index (χ0n) is 25.3. The van der Waals surface area contributed by atoms with E-state index >= 15 is 0 Å². The fraction of sp³-hybridized carbons (Fsp3) is 0.333. The molecule has 6 rings (SSSR count). The average molecular weight is 591 g/mol. The third-order valence-corrected chi connectivity index (χ3v) is 8.32. The van der Waals surface area contributed by atoms with E-state index in [0.29, 0.717) is 33.0 Å². The van der Waals surface area contributed by atoms with Crippen LogP contribution in [0.3, 0.4) is 0 Å². The van der Waals surface area contributed by atoms with Gasteiger partial charge in [-0.05, 0) is 53.5 Å². The standard InChI is InChI=1S/C39H42O5/c1-5-15-30(16-6-1)25-40-29-35-37(41-26-31-17-7-2-8-18-31)39(43-28-33-21-11-4-12-22-33)38(36(44-35)34-23-13-14-24-34)42-27-32-19-9-3-10-20-32/h1-12,15-22,35,37-39H,13-14,23-29H2/t35?,37?,38-,39?/m1/s1. The van der Waals surface area contributed by atoms with Crippen LogP contribution in [0.4, 0.5) is 0 Å². The molecule has 0 amide bonds. The Kier molecular flexibility index (Phi) is 10.9. The molecule has 0 aromatic heterocycles. The first-order chi connectivity index (χ1) is 21.8. The van der Waals surface area contributed by atoms with Crippen molar-refractivity contribution < 1.29 is 23.7 Å². The SMILES string of the molecule is c1ccc(COCC2OC(=C3CCCC3)[C@@H](OCc3ccccc3)C(OCc3ccccc3)C2OCc2ccccc2)cc1. The highest BCUT2D eigenvalue weighted by molar-refractivity contribution is 5.23. The van der Waals surface area contributed by atoms with Crippen LogP contribution in [0.2, 0.25) is 0 Å². The minimum Gasteiger partial charge on any atom is -0.487 e. The maximum absolute atomic E-state index is 6.92. The summed E-state index contributed by atoms with van der Waals surface area (Å²) < 4.78 is 33.6. The van der Waals surface area contributed by atoms with Crippen molar-refractivity contribution in [2.24, 2.45) is 0 Å². The zero-order valence-corrected chi connectivity index (χ0v) is 25.3. The Morgan fingerprint density at radius 2 is 0.932 bits per heavy atom. The summed E-state index contributed by atoms with van der Waals surface area (Å²) in [5.41, 5.74) is 5.76. The van der Waals surface area contributed by atoms with E-state index in [0.717, 1.165) is 53.7 Å². The Hall–Kier alpha value is -3.74. The van der Waals surface area contributed by atoms with Gasteiger partial charge in [0.05, 0.1) is 33.0 Å². The minimum atomic E-state index is -0.416. The van der Waals surface area contributed by atoms with E-state index in [4.69, 9.17) is 23.7 Å². The molecule has 228 valence electrons. The first-order valence-electron chi connectivity index (χ1n) is 15.8. The third kappa shape index (κ3) is 8.25. The van der Waals surface area contributed by atoms with Crippen molar-refractivity contribution in [2.75, 3.05) is 6.61 Å². The summed E-state index contributed by atoms with van der Waals surface area (Å²) in [5, 5.41) is 0. The number of hydrogen-bond donors (Lipinski definition) is 0. The zero-order chi connectivity index (χ0) is 29.8. The molecule has 44 heavy (non-hydrogen) atoms. The van der Waals surface area contributed by atoms with Crippen LogP contribution >= 0.6 is 0 Å². The number of benzene rings is 4. The lowest BCUT2D eigenvalue weighted by Crippen LogP contribution is -2.56. The van der Waals surface area contributed by atoms with Crippen LogP contribution < -0.4 is 0 Å². The maximum Gasteiger partial charge on any atom is 0.150 e. The van der Waals surface area contributed by atoms with Gasteiger partial charge in [-0.2, -0.15) is 0 Å². The Balaban J connectivity index is 1.31. The molecule has 1 aliphatic heterocycles. The van der Waals surface area contributed by atoms with Crippen molar-refractivity contribution in [3.05, 3.63) is 155 Å². The molecular weight excluding hydrogens is 548 g/mol. The van der Waals surface area contributed by atoms with Gasteiger partial charge in [-0.3, -0.25) is 0 Å². The largest absolute Gasteiger partial charge is 0.487 e. The van der Waals surface area contributed by atoms with Gasteiger partial charge in [-0.1, -0.05) is 121 Å². The van der Waals surface area contributed by atoms with Gasteiger partial charge >= 0.3 is 0 Å². The van der Waals surface area contributed by atoms with Gasteiger partial charge in [0.15, 0.2) is 6.10 Å². The van der Waals surface area contributed by atoms with Crippen molar-refractivity contribution in [1.82, 2.24) is 0 Å². The van der Waals surface area contributed by atoms with E-state index in [1.54, 1.807) is 0 Å². The van der Waals surface area contributed by atoms with Crippen LogP contribution in [0, 0.1) is 0 Å². The maximum atomic E-state index is 6.92. The van der Waals surface area contributed by atoms with Gasteiger partial charge < -0.3 is 23.7 Å². The second kappa shape index (κ2) is 15.8. The number of hydrogen-bond acceptors (Lipinski definition) is 5. The highest BCUT2D eigenvalue weighted by Crippen LogP contribution is 2.38. The summed E-state index contributed by atoms with van der Waals surface area (Å²) in [5.74, 6) is 0.907. The normalized spacial score (nSPS) is 21.7. The second-order valence-electron chi connectivity index (χ2n) is 11.6. The van der Waals surface area contributed by atoms with Gasteiger partial charge in [-0.15, -0.1) is 0 Å². The molecule has 1 saturated heterocycles. The van der Waals surface area contributed by atoms with Crippen molar-refractivity contribution in [1.29, 1.82) is 0 Å². The number of allylic oxidation sites excluding steroid dienone is 1. The molecule has 1 saturated carbocycles. The van der Waals surface area contributed by atoms with Crippen molar-refractivity contribution in [2.45, 2.75) is 76.5 Å². The molecule has 0 spiro atoms. The molecule has 0 N–H and O–H groups in total. The Labute approximate surface area is 261 Å². The Morgan fingerprint density at radius 1 is 0.500 bits per heavy atom. The van der Waals surface area contributed by atoms with E-state index in [2.05, 4.69) is 48.5 Å². The molecule has 2 aliphatic rings. The molecule has 4 aromatic carbocycles. The van der Waals surface area contributed by atoms with E-state index in [1.807, 2.05) is 72.8 Å². The third-order valence-electron chi connectivity index (χ3n) is 8.32. The quantitative estimate of drug-likeness (QED) is 0.157. The summed E-state index contributed by atoms with van der Waals surface area (Å²) >= 11 is 0. The topological polar surface area (TPSA) is 46.2 Å². The second-order valence-corrected chi connectivity index (χ2v) is 11.6. The van der Waals surface area contributed by atoms with Crippen LogP contribution in [0.1, 0.15) is 47.9 Å². The lowest BCUT2D eigenvalue weighted by atomic mass is 9.94. The van der Waals surface area contributed by atoms with Crippen LogP contribution in [-0.4, -0.2) is 31.0 Å². The molecule has 4 aromatic rings. The van der Waals surface area contributed by atoms with E-state index in [-0.39, 0.29) is 6.10 Å². The van der Waals surface area contributed by atoms with Crippen molar-refractivity contribution in [3.8, 4) is 0 Å². The minimum absolute atomic E-state index is 0.358. The molecule has 3 unspecified atom stereocenters. The average Bonchev–Trinajstić information content (AvgIpc) is 3.63. The van der Waals surface area contributed by atoms with E-state index in [9.17, 15) is 0 Å². The molecular formula is C39H42O5. The number of rotatable bonds is 13. The molecule has 2 fully saturated rings. The van der Waals surface area contributed by atoms with Gasteiger partial charge in [0, 0.05) is 0 Å². The number of ether oxygens (including phenoxy) is 5. The molecule has 5 nitrogen and oxygen atoms in total. The molecule has 4 atom stereocenters. The molecule has 1 aliphatic carbocycles. The molecule has 1 heterocycles. The molecule has 0 radical (unpaired) electrons. The summed E-state index contributed by atoms with van der Waals surface area (Å²) in [4.78, 5) is 0. The Bertz CT molecular complexity index is 1420. The summed E-state index contributed by atoms with van der Waals surface area (Å²) in [7, 11) is 0. The van der Waals surface area contributed by atoms with E-state index in [1.165, 1.54) is 5.57 Å². The van der Waals surface area contributed by atoms with Crippen LogP contribution in [0.15, 0.2) is 133 Å². The first-order valence-corrected chi connectivity index (χ1v) is 15.8. The fourth-order valence-electron chi connectivity index (χ4n) is 6.01. The van der Waals surface area contributed by atoms with Gasteiger partial charge in [0.1, 0.15) is 24.1 Å². The predicted molar refractivity (Wildman–Crippen MR) is 172 cm³/mol. The van der Waals surface area contributed by atoms with Gasteiger partial charge in [-0.25, -0.2) is 0 Å².